The molecular formula is C17H23NO5. The van der Waals surface area contributed by atoms with E-state index in [2.05, 4.69) is 0 Å². The van der Waals surface area contributed by atoms with E-state index in [4.69, 9.17) is 14.6 Å². The van der Waals surface area contributed by atoms with Gasteiger partial charge >= 0.3 is 5.97 Å². The summed E-state index contributed by atoms with van der Waals surface area (Å²) in [6, 6.07) is 7.20. The Kier molecular flexibility index (Phi) is 5.98. The molecule has 2 rings (SSSR count). The standard InChI is InChI=1S/C17H23NO5/c1-12(13-3-5-15(22-2)6-4-13)17(21)18(11-16(19)20)14-7-9-23-10-8-14/h3-6,12,14H,7-11H2,1-2H3,(H,19,20)/t12-/m0/s1. The highest BCUT2D eigenvalue weighted by atomic mass is 16.5. The van der Waals surface area contributed by atoms with Crippen LogP contribution < -0.4 is 4.74 Å². The second-order valence-corrected chi connectivity index (χ2v) is 5.70. The van der Waals surface area contributed by atoms with E-state index >= 15 is 0 Å². The van der Waals surface area contributed by atoms with Crippen LogP contribution in [0, 0.1) is 0 Å². The summed E-state index contributed by atoms with van der Waals surface area (Å²) in [7, 11) is 1.59. The van der Waals surface area contributed by atoms with E-state index in [1.165, 1.54) is 4.90 Å². The van der Waals surface area contributed by atoms with Gasteiger partial charge in [-0.05, 0) is 37.5 Å². The molecule has 126 valence electrons. The summed E-state index contributed by atoms with van der Waals surface area (Å²) in [6.07, 6.45) is 1.35. The number of rotatable bonds is 6. The number of carboxylic acid groups (broad SMARTS) is 1. The van der Waals surface area contributed by atoms with E-state index in [0.717, 1.165) is 11.3 Å². The summed E-state index contributed by atoms with van der Waals surface area (Å²) < 4.78 is 10.4. The van der Waals surface area contributed by atoms with Gasteiger partial charge in [-0.3, -0.25) is 9.59 Å². The lowest BCUT2D eigenvalue weighted by Gasteiger charge is -2.35. The molecule has 0 saturated carbocycles. The molecule has 1 heterocycles. The Labute approximate surface area is 136 Å². The predicted octanol–water partition coefficient (Wildman–Crippen LogP) is 1.89. The van der Waals surface area contributed by atoms with Crippen LogP contribution in [0.5, 0.6) is 5.75 Å². The molecule has 0 spiro atoms. The molecule has 1 aliphatic rings. The third kappa shape index (κ3) is 4.45. The summed E-state index contributed by atoms with van der Waals surface area (Å²) in [4.78, 5) is 25.5. The Balaban J connectivity index is 2.15. The Hall–Kier alpha value is -2.08. The van der Waals surface area contributed by atoms with Gasteiger partial charge in [0, 0.05) is 19.3 Å². The van der Waals surface area contributed by atoms with Crippen LogP contribution in [0.3, 0.4) is 0 Å². The van der Waals surface area contributed by atoms with Crippen molar-refractivity contribution in [3.63, 3.8) is 0 Å². The fourth-order valence-corrected chi connectivity index (χ4v) is 2.81. The van der Waals surface area contributed by atoms with E-state index in [-0.39, 0.29) is 18.5 Å². The quantitative estimate of drug-likeness (QED) is 0.866. The number of carboxylic acids is 1. The summed E-state index contributed by atoms with van der Waals surface area (Å²) in [5.41, 5.74) is 0.846. The Morgan fingerprint density at radius 3 is 2.43 bits per heavy atom. The van der Waals surface area contributed by atoms with E-state index in [9.17, 15) is 9.59 Å². The molecule has 23 heavy (non-hydrogen) atoms. The smallest absolute Gasteiger partial charge is 0.323 e. The minimum Gasteiger partial charge on any atom is -0.497 e. The van der Waals surface area contributed by atoms with Crippen LogP contribution in [-0.2, 0) is 14.3 Å². The minimum absolute atomic E-state index is 0.0759. The average molecular weight is 321 g/mol. The van der Waals surface area contributed by atoms with Crippen molar-refractivity contribution in [2.24, 2.45) is 0 Å². The number of amides is 1. The molecule has 1 fully saturated rings. The summed E-state index contributed by atoms with van der Waals surface area (Å²) in [6.45, 7) is 2.65. The number of methoxy groups -OCH3 is 1. The van der Waals surface area contributed by atoms with E-state index in [0.29, 0.717) is 26.1 Å². The maximum absolute atomic E-state index is 12.8. The number of hydrogen-bond donors (Lipinski definition) is 1. The van der Waals surface area contributed by atoms with Crippen LogP contribution in [0.25, 0.3) is 0 Å². The maximum atomic E-state index is 12.8. The first-order valence-corrected chi connectivity index (χ1v) is 7.77. The molecule has 1 amide bonds. The van der Waals surface area contributed by atoms with Gasteiger partial charge in [0.25, 0.3) is 0 Å². The highest BCUT2D eigenvalue weighted by molar-refractivity contribution is 5.86. The molecule has 1 aliphatic heterocycles. The van der Waals surface area contributed by atoms with E-state index in [1.807, 2.05) is 12.1 Å². The van der Waals surface area contributed by atoms with Crippen molar-refractivity contribution in [1.29, 1.82) is 0 Å². The van der Waals surface area contributed by atoms with Gasteiger partial charge in [0.1, 0.15) is 12.3 Å². The van der Waals surface area contributed by atoms with E-state index < -0.39 is 11.9 Å². The zero-order valence-corrected chi connectivity index (χ0v) is 13.5. The topological polar surface area (TPSA) is 76.1 Å². The third-order valence-electron chi connectivity index (χ3n) is 4.21. The predicted molar refractivity (Wildman–Crippen MR) is 84.6 cm³/mol. The van der Waals surface area contributed by atoms with Crippen molar-refractivity contribution < 1.29 is 24.2 Å². The molecule has 0 aromatic heterocycles. The van der Waals surface area contributed by atoms with Gasteiger partial charge in [-0.15, -0.1) is 0 Å². The number of carbonyl (C=O) groups is 2. The second-order valence-electron chi connectivity index (χ2n) is 5.70. The lowest BCUT2D eigenvalue weighted by atomic mass is 9.97. The number of aliphatic carboxylic acids is 1. The first-order valence-electron chi connectivity index (χ1n) is 7.77. The molecule has 6 heteroatoms. The number of hydrogen-bond acceptors (Lipinski definition) is 4. The second kappa shape index (κ2) is 7.97. The summed E-state index contributed by atoms with van der Waals surface area (Å²) in [5, 5.41) is 9.14. The van der Waals surface area contributed by atoms with Crippen LogP contribution >= 0.6 is 0 Å². The van der Waals surface area contributed by atoms with Gasteiger partial charge in [-0.2, -0.15) is 0 Å². The van der Waals surface area contributed by atoms with Crippen molar-refractivity contribution in [3.05, 3.63) is 29.8 Å². The molecular weight excluding hydrogens is 298 g/mol. The molecule has 0 radical (unpaired) electrons. The Bertz CT molecular complexity index is 536. The Morgan fingerprint density at radius 2 is 1.91 bits per heavy atom. The molecule has 1 aromatic carbocycles. The van der Waals surface area contributed by atoms with E-state index in [1.54, 1.807) is 26.2 Å². The number of ether oxygens (including phenoxy) is 2. The van der Waals surface area contributed by atoms with Crippen LogP contribution in [-0.4, -0.2) is 54.8 Å². The Morgan fingerprint density at radius 1 is 1.30 bits per heavy atom. The monoisotopic (exact) mass is 321 g/mol. The van der Waals surface area contributed by atoms with Crippen LogP contribution in [0.1, 0.15) is 31.2 Å². The highest BCUT2D eigenvalue weighted by Gasteiger charge is 2.30. The highest BCUT2D eigenvalue weighted by Crippen LogP contribution is 2.24. The largest absolute Gasteiger partial charge is 0.497 e. The normalized spacial score (nSPS) is 16.6. The zero-order chi connectivity index (χ0) is 16.8. The van der Waals surface area contributed by atoms with Crippen molar-refractivity contribution >= 4 is 11.9 Å². The molecule has 1 aromatic rings. The summed E-state index contributed by atoms with van der Waals surface area (Å²) in [5.74, 6) is -0.834. The SMILES string of the molecule is COc1ccc([C@H](C)C(=O)N(CC(=O)O)C2CCOCC2)cc1. The maximum Gasteiger partial charge on any atom is 0.323 e. The van der Waals surface area contributed by atoms with Crippen molar-refractivity contribution in [2.45, 2.75) is 31.7 Å². The number of nitrogens with zero attached hydrogens (tertiary/aromatic N) is 1. The van der Waals surface area contributed by atoms with Gasteiger partial charge in [-0.1, -0.05) is 12.1 Å². The van der Waals surface area contributed by atoms with Crippen LogP contribution in [0.15, 0.2) is 24.3 Å². The fourth-order valence-electron chi connectivity index (χ4n) is 2.81. The molecule has 0 bridgehead atoms. The van der Waals surface area contributed by atoms with Gasteiger partial charge in [-0.25, -0.2) is 0 Å². The average Bonchev–Trinajstić information content (AvgIpc) is 2.59. The number of benzene rings is 1. The van der Waals surface area contributed by atoms with Crippen LogP contribution in [0.4, 0.5) is 0 Å². The van der Waals surface area contributed by atoms with Gasteiger partial charge in [0.15, 0.2) is 0 Å². The van der Waals surface area contributed by atoms with Crippen molar-refractivity contribution in [3.8, 4) is 5.75 Å². The lowest BCUT2D eigenvalue weighted by Crippen LogP contribution is -2.47. The van der Waals surface area contributed by atoms with Crippen molar-refractivity contribution in [2.75, 3.05) is 26.9 Å². The molecule has 1 atom stereocenters. The van der Waals surface area contributed by atoms with Gasteiger partial charge in [0.05, 0.1) is 13.0 Å². The summed E-state index contributed by atoms with van der Waals surface area (Å²) >= 11 is 0. The molecule has 1 N–H and O–H groups in total. The lowest BCUT2D eigenvalue weighted by molar-refractivity contribution is -0.148. The zero-order valence-electron chi connectivity index (χ0n) is 13.5. The molecule has 6 nitrogen and oxygen atoms in total. The van der Waals surface area contributed by atoms with Gasteiger partial charge in [0.2, 0.25) is 5.91 Å². The molecule has 0 aliphatic carbocycles. The van der Waals surface area contributed by atoms with Crippen LogP contribution in [0.2, 0.25) is 0 Å². The van der Waals surface area contributed by atoms with Gasteiger partial charge < -0.3 is 19.5 Å². The minimum atomic E-state index is -0.994. The first kappa shape index (κ1) is 17.3. The molecule has 0 unspecified atom stereocenters. The third-order valence-corrected chi connectivity index (χ3v) is 4.21. The fraction of sp³-hybridized carbons (Fsp3) is 0.529. The number of carbonyl (C=O) groups excluding carboxylic acids is 1. The van der Waals surface area contributed by atoms with Crippen molar-refractivity contribution in [1.82, 2.24) is 4.90 Å². The molecule has 1 saturated heterocycles. The first-order chi connectivity index (χ1) is 11.0.